The number of nitriles is 1. The number of nitrogens with one attached hydrogen (secondary N) is 1. The topological polar surface area (TPSA) is 39.6 Å². The monoisotopic (exact) mass is 232 g/mol. The van der Waals surface area contributed by atoms with E-state index in [1.807, 2.05) is 36.4 Å². The minimum absolute atomic E-state index is 0.719. The summed E-state index contributed by atoms with van der Waals surface area (Å²) in [5, 5.41) is 10.3. The van der Waals surface area contributed by atoms with Crippen molar-refractivity contribution in [2.24, 2.45) is 0 Å². The van der Waals surface area contributed by atoms with Gasteiger partial charge in [-0.05, 0) is 24.6 Å². The van der Waals surface area contributed by atoms with Crippen molar-refractivity contribution in [2.45, 2.75) is 6.92 Å². The van der Waals surface area contributed by atoms with E-state index < -0.39 is 0 Å². The molecular formula is C16H12N2. The molecule has 2 heteroatoms. The van der Waals surface area contributed by atoms with Gasteiger partial charge >= 0.3 is 0 Å². The summed E-state index contributed by atoms with van der Waals surface area (Å²) in [5.74, 6) is 0. The van der Waals surface area contributed by atoms with Gasteiger partial charge in [-0.15, -0.1) is 0 Å². The summed E-state index contributed by atoms with van der Waals surface area (Å²) in [7, 11) is 0. The van der Waals surface area contributed by atoms with Crippen LogP contribution in [0.4, 0.5) is 0 Å². The van der Waals surface area contributed by atoms with Crippen LogP contribution in [0.2, 0.25) is 0 Å². The molecule has 0 radical (unpaired) electrons. The lowest BCUT2D eigenvalue weighted by Gasteiger charge is -2.00. The normalized spacial score (nSPS) is 10.4. The summed E-state index contributed by atoms with van der Waals surface area (Å²) < 4.78 is 0. The molecule has 18 heavy (non-hydrogen) atoms. The third-order valence-electron chi connectivity index (χ3n) is 3.12. The summed E-state index contributed by atoms with van der Waals surface area (Å²) in [5.41, 5.74) is 4.88. The van der Waals surface area contributed by atoms with E-state index in [-0.39, 0.29) is 0 Å². The van der Waals surface area contributed by atoms with Crippen molar-refractivity contribution in [3.63, 3.8) is 0 Å². The number of aromatic nitrogens is 1. The average molecular weight is 232 g/mol. The Morgan fingerprint density at radius 1 is 1.06 bits per heavy atom. The first-order valence-electron chi connectivity index (χ1n) is 5.87. The van der Waals surface area contributed by atoms with Crippen LogP contribution in [0.5, 0.6) is 0 Å². The molecule has 1 N–H and O–H groups in total. The number of para-hydroxylation sites is 1. The van der Waals surface area contributed by atoms with Crippen LogP contribution >= 0.6 is 0 Å². The molecule has 2 aromatic carbocycles. The van der Waals surface area contributed by atoms with Crippen molar-refractivity contribution in [1.82, 2.24) is 4.98 Å². The van der Waals surface area contributed by atoms with E-state index in [0.717, 1.165) is 27.7 Å². The van der Waals surface area contributed by atoms with Gasteiger partial charge in [-0.2, -0.15) is 5.26 Å². The maximum absolute atomic E-state index is 9.37. The molecule has 1 aromatic heterocycles. The average Bonchev–Trinajstić information content (AvgIpc) is 2.77. The highest BCUT2D eigenvalue weighted by Gasteiger charge is 2.12. The number of aryl methyl sites for hydroxylation is 1. The van der Waals surface area contributed by atoms with E-state index in [1.54, 1.807) is 0 Å². The molecule has 2 nitrogen and oxygen atoms in total. The maximum atomic E-state index is 9.37. The van der Waals surface area contributed by atoms with E-state index in [0.29, 0.717) is 0 Å². The van der Waals surface area contributed by atoms with Gasteiger partial charge in [-0.3, -0.25) is 0 Å². The summed E-state index contributed by atoms with van der Waals surface area (Å²) in [6.45, 7) is 2.05. The highest BCUT2D eigenvalue weighted by Crippen LogP contribution is 2.29. The van der Waals surface area contributed by atoms with Crippen molar-refractivity contribution in [2.75, 3.05) is 0 Å². The smallest absolute Gasteiger partial charge is 0.102 e. The lowest BCUT2D eigenvalue weighted by Crippen LogP contribution is -1.82. The number of hydrogen-bond acceptors (Lipinski definition) is 1. The van der Waals surface area contributed by atoms with Crippen molar-refractivity contribution in [3.8, 4) is 17.3 Å². The largest absolute Gasteiger partial charge is 0.353 e. The Labute approximate surface area is 106 Å². The molecule has 0 aliphatic rings. The number of nitrogens with zero attached hydrogens (tertiary/aromatic N) is 1. The first-order chi connectivity index (χ1) is 8.79. The maximum Gasteiger partial charge on any atom is 0.102 e. The van der Waals surface area contributed by atoms with Gasteiger partial charge in [0.2, 0.25) is 0 Å². The lowest BCUT2D eigenvalue weighted by atomic mass is 10.0. The fourth-order valence-electron chi connectivity index (χ4n) is 2.28. The van der Waals surface area contributed by atoms with Gasteiger partial charge in [0.1, 0.15) is 6.07 Å². The highest BCUT2D eigenvalue weighted by molar-refractivity contribution is 5.93. The fraction of sp³-hybridized carbons (Fsp3) is 0.0625. The molecule has 0 saturated carbocycles. The van der Waals surface area contributed by atoms with Crippen LogP contribution in [0.15, 0.2) is 48.5 Å². The van der Waals surface area contributed by atoms with Crippen molar-refractivity contribution in [3.05, 3.63) is 59.7 Å². The van der Waals surface area contributed by atoms with Gasteiger partial charge in [-0.1, -0.05) is 42.0 Å². The van der Waals surface area contributed by atoms with Crippen molar-refractivity contribution >= 4 is 10.9 Å². The third kappa shape index (κ3) is 1.57. The van der Waals surface area contributed by atoms with E-state index in [2.05, 4.69) is 30.1 Å². The molecule has 0 unspecified atom stereocenters. The van der Waals surface area contributed by atoms with Gasteiger partial charge in [0, 0.05) is 10.9 Å². The summed E-state index contributed by atoms with van der Waals surface area (Å²) in [6.07, 6.45) is 0. The SMILES string of the molecule is Cc1cccc(-c2[nH]c3ccccc3c2C#N)c1. The molecule has 1 heterocycles. The fourth-order valence-corrected chi connectivity index (χ4v) is 2.28. The zero-order chi connectivity index (χ0) is 12.5. The molecular weight excluding hydrogens is 220 g/mol. The number of benzene rings is 2. The second kappa shape index (κ2) is 4.05. The minimum atomic E-state index is 0.719. The van der Waals surface area contributed by atoms with Gasteiger partial charge in [-0.25, -0.2) is 0 Å². The molecule has 86 valence electrons. The molecule has 0 bridgehead atoms. The minimum Gasteiger partial charge on any atom is -0.353 e. The number of rotatable bonds is 1. The zero-order valence-electron chi connectivity index (χ0n) is 10.1. The zero-order valence-corrected chi connectivity index (χ0v) is 10.1. The quantitative estimate of drug-likeness (QED) is 0.676. The summed E-state index contributed by atoms with van der Waals surface area (Å²) in [6, 6.07) is 18.4. The Balaban J connectivity index is 2.33. The molecule has 0 aliphatic carbocycles. The molecule has 3 rings (SSSR count). The van der Waals surface area contributed by atoms with Gasteiger partial charge in [0.05, 0.1) is 11.3 Å². The predicted octanol–water partition coefficient (Wildman–Crippen LogP) is 4.02. The van der Waals surface area contributed by atoms with Gasteiger partial charge in [0.15, 0.2) is 0 Å². The number of fused-ring (bicyclic) bond motifs is 1. The van der Waals surface area contributed by atoms with E-state index in [9.17, 15) is 5.26 Å². The standard InChI is InChI=1S/C16H12N2/c1-11-5-4-6-12(9-11)16-14(10-17)13-7-2-3-8-15(13)18-16/h2-9,18H,1H3. The Morgan fingerprint density at radius 2 is 1.89 bits per heavy atom. The Morgan fingerprint density at radius 3 is 2.67 bits per heavy atom. The first-order valence-corrected chi connectivity index (χ1v) is 5.87. The van der Waals surface area contributed by atoms with Crippen molar-refractivity contribution < 1.29 is 0 Å². The molecule has 3 aromatic rings. The Hall–Kier alpha value is -2.53. The van der Waals surface area contributed by atoms with Crippen molar-refractivity contribution in [1.29, 1.82) is 5.26 Å². The molecule has 0 amide bonds. The number of H-pyrrole nitrogens is 1. The van der Waals surface area contributed by atoms with Gasteiger partial charge < -0.3 is 4.98 Å². The Kier molecular flexibility index (Phi) is 2.39. The van der Waals surface area contributed by atoms with E-state index >= 15 is 0 Å². The van der Waals surface area contributed by atoms with Crippen LogP contribution < -0.4 is 0 Å². The molecule has 0 saturated heterocycles. The number of hydrogen-bond donors (Lipinski definition) is 1. The van der Waals surface area contributed by atoms with Crippen LogP contribution in [0, 0.1) is 18.3 Å². The Bertz CT molecular complexity index is 760. The van der Waals surface area contributed by atoms with Crippen LogP contribution in [0.25, 0.3) is 22.2 Å². The van der Waals surface area contributed by atoms with E-state index in [1.165, 1.54) is 5.56 Å². The predicted molar refractivity (Wildman–Crippen MR) is 73.2 cm³/mol. The van der Waals surface area contributed by atoms with Crippen LogP contribution in [0.1, 0.15) is 11.1 Å². The van der Waals surface area contributed by atoms with Gasteiger partial charge in [0.25, 0.3) is 0 Å². The summed E-state index contributed by atoms with van der Waals surface area (Å²) in [4.78, 5) is 3.34. The molecule has 0 atom stereocenters. The van der Waals surface area contributed by atoms with Crippen LogP contribution in [-0.2, 0) is 0 Å². The highest BCUT2D eigenvalue weighted by atomic mass is 14.7. The molecule has 0 spiro atoms. The number of aromatic amines is 1. The third-order valence-corrected chi connectivity index (χ3v) is 3.12. The molecule has 0 aliphatic heterocycles. The second-order valence-corrected chi connectivity index (χ2v) is 4.40. The first kappa shape index (κ1) is 10.6. The summed E-state index contributed by atoms with van der Waals surface area (Å²) >= 11 is 0. The van der Waals surface area contributed by atoms with E-state index in [4.69, 9.17) is 0 Å². The lowest BCUT2D eigenvalue weighted by molar-refractivity contribution is 1.40. The molecule has 0 fully saturated rings. The van der Waals surface area contributed by atoms with Crippen LogP contribution in [0.3, 0.4) is 0 Å². The van der Waals surface area contributed by atoms with Crippen LogP contribution in [-0.4, -0.2) is 4.98 Å². The second-order valence-electron chi connectivity index (χ2n) is 4.40.